The molecule has 2 aromatic heterocycles. The Bertz CT molecular complexity index is 766. The van der Waals surface area contributed by atoms with E-state index in [2.05, 4.69) is 15.4 Å². The Kier molecular flexibility index (Phi) is 3.14. The van der Waals surface area contributed by atoms with E-state index in [1.54, 1.807) is 47.4 Å². The number of amides is 1. The highest BCUT2D eigenvalue weighted by Crippen LogP contribution is 2.17. The monoisotopic (exact) mass is 268 g/mol. The maximum atomic E-state index is 12.3. The maximum absolute atomic E-state index is 12.3. The average Bonchev–Trinajstić information content (AvgIpc) is 2.92. The molecule has 3 rings (SSSR count). The van der Waals surface area contributed by atoms with Crippen molar-refractivity contribution in [2.24, 2.45) is 0 Å². The molecule has 0 radical (unpaired) electrons. The van der Waals surface area contributed by atoms with Crippen LogP contribution in [0.5, 0.6) is 0 Å². The molecule has 1 aromatic carbocycles. The van der Waals surface area contributed by atoms with Gasteiger partial charge in [0.15, 0.2) is 0 Å². The molecule has 0 unspecified atom stereocenters. The van der Waals surface area contributed by atoms with Gasteiger partial charge in [0.05, 0.1) is 30.1 Å². The van der Waals surface area contributed by atoms with Crippen LogP contribution >= 0.6 is 0 Å². The van der Waals surface area contributed by atoms with E-state index in [4.69, 9.17) is 0 Å². The quantitative estimate of drug-likeness (QED) is 0.754. The summed E-state index contributed by atoms with van der Waals surface area (Å²) < 4.78 is 1.58. The van der Waals surface area contributed by atoms with E-state index in [9.17, 15) is 9.90 Å². The minimum atomic E-state index is -0.283. The molecule has 0 aliphatic carbocycles. The highest BCUT2D eigenvalue weighted by Gasteiger charge is 2.13. The van der Waals surface area contributed by atoms with Crippen molar-refractivity contribution in [1.82, 2.24) is 14.6 Å². The molecule has 2 heterocycles. The topological polar surface area (TPSA) is 79.5 Å². The summed E-state index contributed by atoms with van der Waals surface area (Å²) in [6.07, 6.45) is 6.35. The lowest BCUT2D eigenvalue weighted by Gasteiger charge is -2.08. The van der Waals surface area contributed by atoms with E-state index >= 15 is 0 Å². The number of anilines is 1. The molecule has 6 nitrogen and oxygen atoms in total. The van der Waals surface area contributed by atoms with Crippen LogP contribution in [0, 0.1) is 0 Å². The van der Waals surface area contributed by atoms with Gasteiger partial charge in [0, 0.05) is 23.6 Å². The molecule has 100 valence electrons. The van der Waals surface area contributed by atoms with Crippen LogP contribution in [0.4, 0.5) is 5.69 Å². The molecule has 3 aromatic rings. The molecule has 0 spiro atoms. The number of carbonyl (C=O) groups is 1. The predicted octanol–water partition coefficient (Wildman–Crippen LogP) is 1.47. The average molecular weight is 268 g/mol. The Morgan fingerprint density at radius 1 is 1.30 bits per heavy atom. The van der Waals surface area contributed by atoms with Crippen molar-refractivity contribution in [3.8, 4) is 0 Å². The minimum absolute atomic E-state index is 0.132. The van der Waals surface area contributed by atoms with E-state index in [0.717, 1.165) is 0 Å². The number of aliphatic hydroxyl groups is 1. The molecular weight excluding hydrogens is 256 g/mol. The Morgan fingerprint density at radius 2 is 2.15 bits per heavy atom. The lowest BCUT2D eigenvalue weighted by molar-refractivity contribution is 0.102. The van der Waals surface area contributed by atoms with E-state index in [-0.39, 0.29) is 12.5 Å². The fourth-order valence-corrected chi connectivity index (χ4v) is 1.98. The third-order valence-electron chi connectivity index (χ3n) is 3.01. The van der Waals surface area contributed by atoms with Gasteiger partial charge in [0.1, 0.15) is 0 Å². The van der Waals surface area contributed by atoms with Gasteiger partial charge in [0.2, 0.25) is 0 Å². The number of hydrogen-bond acceptors (Lipinski definition) is 4. The molecule has 0 atom stereocenters. The number of nitrogens with one attached hydrogen (secondary N) is 1. The van der Waals surface area contributed by atoms with Crippen molar-refractivity contribution in [1.29, 1.82) is 0 Å². The van der Waals surface area contributed by atoms with Crippen LogP contribution in [0.15, 0.2) is 49.1 Å². The van der Waals surface area contributed by atoms with Crippen molar-refractivity contribution >= 4 is 17.1 Å². The SMILES string of the molecule is O=C(Nc1ccccc1CO)c1cnn2ccncc12. The molecule has 0 saturated heterocycles. The van der Waals surface area contributed by atoms with Gasteiger partial charge in [-0.1, -0.05) is 18.2 Å². The largest absolute Gasteiger partial charge is 0.392 e. The smallest absolute Gasteiger partial charge is 0.259 e. The van der Waals surface area contributed by atoms with E-state index in [0.29, 0.717) is 22.3 Å². The molecule has 6 heteroatoms. The number of carbonyl (C=O) groups excluding carboxylic acids is 1. The first-order chi connectivity index (χ1) is 9.79. The highest BCUT2D eigenvalue weighted by atomic mass is 16.3. The van der Waals surface area contributed by atoms with Gasteiger partial charge >= 0.3 is 0 Å². The lowest BCUT2D eigenvalue weighted by Crippen LogP contribution is -2.13. The molecule has 2 N–H and O–H groups in total. The Balaban J connectivity index is 1.93. The zero-order valence-electron chi connectivity index (χ0n) is 10.5. The number of hydrogen-bond donors (Lipinski definition) is 2. The van der Waals surface area contributed by atoms with Crippen LogP contribution in [0.25, 0.3) is 5.52 Å². The second kappa shape index (κ2) is 5.10. The van der Waals surface area contributed by atoms with E-state index < -0.39 is 0 Å². The summed E-state index contributed by atoms with van der Waals surface area (Å²) in [7, 11) is 0. The fraction of sp³-hybridized carbons (Fsp3) is 0.0714. The second-order valence-electron chi connectivity index (χ2n) is 4.23. The third kappa shape index (κ3) is 2.12. The molecule has 0 saturated carbocycles. The normalized spacial score (nSPS) is 10.7. The van der Waals surface area contributed by atoms with Crippen LogP contribution < -0.4 is 5.32 Å². The summed E-state index contributed by atoms with van der Waals surface area (Å²) in [5.74, 6) is -0.283. The molecule has 0 fully saturated rings. The van der Waals surface area contributed by atoms with Crippen LogP contribution in [0.1, 0.15) is 15.9 Å². The number of benzene rings is 1. The third-order valence-corrected chi connectivity index (χ3v) is 3.01. The zero-order valence-corrected chi connectivity index (χ0v) is 10.5. The summed E-state index contributed by atoms with van der Waals surface area (Å²) in [6, 6.07) is 7.10. The summed E-state index contributed by atoms with van der Waals surface area (Å²) in [5.41, 5.74) is 2.32. The van der Waals surface area contributed by atoms with Crippen LogP contribution in [0.2, 0.25) is 0 Å². The van der Waals surface area contributed by atoms with Crippen molar-refractivity contribution in [2.45, 2.75) is 6.61 Å². The fourth-order valence-electron chi connectivity index (χ4n) is 1.98. The number of aliphatic hydroxyl groups excluding tert-OH is 1. The van der Waals surface area contributed by atoms with Crippen molar-refractivity contribution in [2.75, 3.05) is 5.32 Å². The molecule has 0 aliphatic rings. The van der Waals surface area contributed by atoms with Gasteiger partial charge < -0.3 is 10.4 Å². The number of para-hydroxylation sites is 1. The predicted molar refractivity (Wildman–Crippen MR) is 73.3 cm³/mol. The van der Waals surface area contributed by atoms with E-state index in [1.807, 2.05) is 0 Å². The summed E-state index contributed by atoms with van der Waals surface area (Å²) in [5, 5.41) is 16.1. The molecule has 0 bridgehead atoms. The summed E-state index contributed by atoms with van der Waals surface area (Å²) in [6.45, 7) is -0.132. The Labute approximate surface area is 114 Å². The maximum Gasteiger partial charge on any atom is 0.259 e. The lowest BCUT2D eigenvalue weighted by atomic mass is 10.2. The number of fused-ring (bicyclic) bond motifs is 1. The van der Waals surface area contributed by atoms with Crippen molar-refractivity contribution < 1.29 is 9.90 Å². The number of nitrogens with zero attached hydrogens (tertiary/aromatic N) is 3. The molecule has 0 aliphatic heterocycles. The first-order valence-electron chi connectivity index (χ1n) is 6.07. The second-order valence-corrected chi connectivity index (χ2v) is 4.23. The molecule has 1 amide bonds. The Hall–Kier alpha value is -2.73. The van der Waals surface area contributed by atoms with Crippen molar-refractivity contribution in [3.63, 3.8) is 0 Å². The number of aromatic nitrogens is 3. The van der Waals surface area contributed by atoms with Crippen LogP contribution in [0.3, 0.4) is 0 Å². The standard InChI is InChI=1S/C14H12N4O2/c19-9-10-3-1-2-4-12(10)17-14(20)11-7-16-18-6-5-15-8-13(11)18/h1-8,19H,9H2,(H,17,20). The van der Waals surface area contributed by atoms with Gasteiger partial charge in [-0.3, -0.25) is 9.78 Å². The highest BCUT2D eigenvalue weighted by molar-refractivity contribution is 6.08. The van der Waals surface area contributed by atoms with Gasteiger partial charge in [0.25, 0.3) is 5.91 Å². The van der Waals surface area contributed by atoms with Crippen molar-refractivity contribution in [3.05, 3.63) is 60.2 Å². The zero-order chi connectivity index (χ0) is 13.9. The van der Waals surface area contributed by atoms with Crippen LogP contribution in [-0.4, -0.2) is 25.6 Å². The molecule has 20 heavy (non-hydrogen) atoms. The Morgan fingerprint density at radius 3 is 3.00 bits per heavy atom. The first-order valence-corrected chi connectivity index (χ1v) is 6.07. The van der Waals surface area contributed by atoms with Gasteiger partial charge in [-0.2, -0.15) is 5.10 Å². The van der Waals surface area contributed by atoms with Gasteiger partial charge in [-0.25, -0.2) is 4.52 Å². The minimum Gasteiger partial charge on any atom is -0.392 e. The van der Waals surface area contributed by atoms with Crippen LogP contribution in [-0.2, 0) is 6.61 Å². The molecular formula is C14H12N4O2. The van der Waals surface area contributed by atoms with Gasteiger partial charge in [-0.15, -0.1) is 0 Å². The number of rotatable bonds is 3. The van der Waals surface area contributed by atoms with Gasteiger partial charge in [-0.05, 0) is 6.07 Å². The summed E-state index contributed by atoms with van der Waals surface area (Å²) in [4.78, 5) is 16.3. The first kappa shape index (κ1) is 12.3. The summed E-state index contributed by atoms with van der Waals surface area (Å²) >= 11 is 0. The van der Waals surface area contributed by atoms with E-state index in [1.165, 1.54) is 6.20 Å².